The first-order chi connectivity index (χ1) is 19.5. The number of pyridine rings is 2. The van der Waals surface area contributed by atoms with Gasteiger partial charge in [-0.05, 0) is 54.8 Å². The summed E-state index contributed by atoms with van der Waals surface area (Å²) in [6, 6.07) is 13.5. The van der Waals surface area contributed by atoms with Crippen LogP contribution >= 0.6 is 0 Å². The Hall–Kier alpha value is -4.46. The highest BCUT2D eigenvalue weighted by atomic mass is 16.5. The Kier molecular flexibility index (Phi) is 6.84. The quantitative estimate of drug-likeness (QED) is 0.394. The van der Waals surface area contributed by atoms with Gasteiger partial charge in [0.2, 0.25) is 0 Å². The second kappa shape index (κ2) is 10.6. The topological polar surface area (TPSA) is 126 Å². The Balaban J connectivity index is 1.19. The van der Waals surface area contributed by atoms with E-state index in [4.69, 9.17) is 19.4 Å². The maximum atomic E-state index is 13.0. The van der Waals surface area contributed by atoms with Crippen molar-refractivity contribution >= 4 is 22.6 Å². The van der Waals surface area contributed by atoms with Crippen molar-refractivity contribution in [3.8, 4) is 17.5 Å². The van der Waals surface area contributed by atoms with Crippen molar-refractivity contribution in [2.24, 2.45) is 0 Å². The second-order valence-corrected chi connectivity index (χ2v) is 10.4. The molecular formula is C30H29N7O3. The van der Waals surface area contributed by atoms with Gasteiger partial charge >= 0.3 is 0 Å². The van der Waals surface area contributed by atoms with Crippen molar-refractivity contribution in [1.82, 2.24) is 25.3 Å². The van der Waals surface area contributed by atoms with Gasteiger partial charge in [-0.3, -0.25) is 14.8 Å². The molecule has 40 heavy (non-hydrogen) atoms. The molecule has 202 valence electrons. The fraction of sp³-hybridized carbons (Fsp3) is 0.333. The van der Waals surface area contributed by atoms with Crippen molar-refractivity contribution in [3.63, 3.8) is 0 Å². The molecule has 2 atom stereocenters. The van der Waals surface area contributed by atoms with Crippen LogP contribution in [0, 0.1) is 11.3 Å². The monoisotopic (exact) mass is 535 g/mol. The molecular weight excluding hydrogens is 506 g/mol. The number of carbonyl (C=O) groups excluding carboxylic acids is 1. The molecule has 1 fully saturated rings. The minimum atomic E-state index is -0.780. The summed E-state index contributed by atoms with van der Waals surface area (Å²) in [5, 5.41) is 13.5. The average molecular weight is 536 g/mol. The zero-order valence-corrected chi connectivity index (χ0v) is 22.4. The minimum absolute atomic E-state index is 0.204. The first kappa shape index (κ1) is 25.8. The molecule has 1 aromatic carbocycles. The smallest absolute Gasteiger partial charge is 0.251 e. The van der Waals surface area contributed by atoms with Gasteiger partial charge < -0.3 is 19.7 Å². The first-order valence-electron chi connectivity index (χ1n) is 13.2. The van der Waals surface area contributed by atoms with Gasteiger partial charge in [0.1, 0.15) is 16.9 Å². The van der Waals surface area contributed by atoms with Crippen molar-refractivity contribution in [2.75, 3.05) is 31.7 Å². The molecule has 0 aliphatic carbocycles. The summed E-state index contributed by atoms with van der Waals surface area (Å²) in [4.78, 5) is 33.7. The van der Waals surface area contributed by atoms with Crippen LogP contribution in [0.5, 0.6) is 0 Å². The Labute approximate surface area is 232 Å². The third-order valence-electron chi connectivity index (χ3n) is 7.61. The molecule has 0 bridgehead atoms. The molecule has 10 heteroatoms. The highest BCUT2D eigenvalue weighted by molar-refractivity contribution is 5.94. The summed E-state index contributed by atoms with van der Waals surface area (Å²) in [6.07, 6.45) is 6.40. The molecule has 1 saturated heterocycles. The van der Waals surface area contributed by atoms with E-state index < -0.39 is 5.41 Å². The summed E-state index contributed by atoms with van der Waals surface area (Å²) in [5.74, 6) is 0.574. The van der Waals surface area contributed by atoms with E-state index in [9.17, 15) is 10.1 Å². The van der Waals surface area contributed by atoms with Gasteiger partial charge in [0.25, 0.3) is 5.91 Å². The van der Waals surface area contributed by atoms with Gasteiger partial charge in [-0.25, -0.2) is 9.97 Å². The van der Waals surface area contributed by atoms with E-state index in [1.54, 1.807) is 37.8 Å². The molecule has 4 aromatic rings. The van der Waals surface area contributed by atoms with Crippen molar-refractivity contribution < 1.29 is 14.3 Å². The van der Waals surface area contributed by atoms with E-state index in [0.717, 1.165) is 47.4 Å². The molecule has 1 N–H and O–H groups in total. The van der Waals surface area contributed by atoms with E-state index in [1.165, 1.54) is 0 Å². The SMILES string of the molecule is CO[C@@H]1CCN(c2cncc(-c3ccc4cnc(CNC(=O)c5ccc6c(c5)[C@@](C)(C#N)COC6)cc4n3)n2)C1. The summed E-state index contributed by atoms with van der Waals surface area (Å²) < 4.78 is 11.0. The highest BCUT2D eigenvalue weighted by Gasteiger charge is 2.33. The molecule has 6 rings (SSSR count). The number of fused-ring (bicyclic) bond motifs is 2. The van der Waals surface area contributed by atoms with E-state index in [2.05, 4.69) is 26.3 Å². The van der Waals surface area contributed by atoms with Gasteiger partial charge in [-0.2, -0.15) is 5.26 Å². The average Bonchev–Trinajstić information content (AvgIpc) is 3.49. The lowest BCUT2D eigenvalue weighted by Crippen LogP contribution is -2.33. The number of anilines is 1. The number of hydrogen-bond donors (Lipinski definition) is 1. The van der Waals surface area contributed by atoms with Crippen LogP contribution in [0.1, 0.15) is 40.5 Å². The molecule has 5 heterocycles. The number of amides is 1. The number of aromatic nitrogens is 4. The van der Waals surface area contributed by atoms with Crippen LogP contribution < -0.4 is 10.2 Å². The van der Waals surface area contributed by atoms with Crippen molar-refractivity contribution in [1.29, 1.82) is 5.26 Å². The van der Waals surface area contributed by atoms with E-state index in [-0.39, 0.29) is 18.6 Å². The minimum Gasteiger partial charge on any atom is -0.380 e. The van der Waals surface area contributed by atoms with Crippen LogP contribution in [0.15, 0.2) is 55.0 Å². The largest absolute Gasteiger partial charge is 0.380 e. The van der Waals surface area contributed by atoms with Crippen LogP contribution in [0.25, 0.3) is 22.3 Å². The number of nitrogens with zero attached hydrogens (tertiary/aromatic N) is 6. The van der Waals surface area contributed by atoms with Gasteiger partial charge in [-0.15, -0.1) is 0 Å². The Bertz CT molecular complexity index is 1640. The van der Waals surface area contributed by atoms with Gasteiger partial charge in [0.05, 0.1) is 61.2 Å². The number of rotatable bonds is 6. The molecule has 0 spiro atoms. The van der Waals surface area contributed by atoms with Crippen LogP contribution in [-0.4, -0.2) is 58.8 Å². The van der Waals surface area contributed by atoms with Crippen LogP contribution in [0.2, 0.25) is 0 Å². The number of ether oxygens (including phenoxy) is 2. The van der Waals surface area contributed by atoms with Crippen molar-refractivity contribution in [3.05, 3.63) is 77.4 Å². The fourth-order valence-corrected chi connectivity index (χ4v) is 5.22. The summed E-state index contributed by atoms with van der Waals surface area (Å²) in [7, 11) is 1.73. The third kappa shape index (κ3) is 4.97. The fourth-order valence-electron chi connectivity index (χ4n) is 5.22. The standard InChI is InChI=1S/C30H29N7O3/c1-30(17-31)18-40-16-21-4-3-19(9-24(21)30)29(38)34-12-22-10-26-20(11-33-22)5-6-25(35-26)27-13-32-14-28(36-27)37-8-7-23(15-37)39-2/h3-6,9-11,13-14,23H,7-8,12,15-16,18H2,1-2H3,(H,34,38)/t23-,30+/m1/s1. The van der Waals surface area contributed by atoms with E-state index in [0.29, 0.717) is 35.9 Å². The Morgan fingerprint density at radius 3 is 2.92 bits per heavy atom. The van der Waals surface area contributed by atoms with Gasteiger partial charge in [0, 0.05) is 37.3 Å². The van der Waals surface area contributed by atoms with Gasteiger partial charge in [-0.1, -0.05) is 6.07 Å². The van der Waals surface area contributed by atoms with Gasteiger partial charge in [0.15, 0.2) is 0 Å². The zero-order valence-electron chi connectivity index (χ0n) is 22.4. The lowest BCUT2D eigenvalue weighted by Gasteiger charge is -2.30. The lowest BCUT2D eigenvalue weighted by atomic mass is 9.79. The predicted octanol–water partition coefficient (Wildman–Crippen LogP) is 3.55. The molecule has 2 aliphatic heterocycles. The zero-order chi connectivity index (χ0) is 27.7. The second-order valence-electron chi connectivity index (χ2n) is 10.4. The first-order valence-corrected chi connectivity index (χ1v) is 13.2. The maximum absolute atomic E-state index is 13.0. The maximum Gasteiger partial charge on any atom is 0.251 e. The third-order valence-corrected chi connectivity index (χ3v) is 7.61. The van der Waals surface area contributed by atoms with Crippen LogP contribution in [0.3, 0.4) is 0 Å². The van der Waals surface area contributed by atoms with Crippen molar-refractivity contribution in [2.45, 2.75) is 38.0 Å². The number of methoxy groups -OCH3 is 1. The number of nitriles is 1. The molecule has 0 radical (unpaired) electrons. The molecule has 10 nitrogen and oxygen atoms in total. The molecule has 3 aromatic heterocycles. The number of nitrogens with one attached hydrogen (secondary N) is 1. The molecule has 0 saturated carbocycles. The predicted molar refractivity (Wildman–Crippen MR) is 148 cm³/mol. The molecule has 0 unspecified atom stereocenters. The normalized spacial score (nSPS) is 20.2. The Morgan fingerprint density at radius 2 is 2.10 bits per heavy atom. The Morgan fingerprint density at radius 1 is 1.20 bits per heavy atom. The lowest BCUT2D eigenvalue weighted by molar-refractivity contribution is 0.0757. The van der Waals surface area contributed by atoms with E-state index in [1.807, 2.05) is 31.2 Å². The number of benzene rings is 1. The molecule has 1 amide bonds. The van der Waals surface area contributed by atoms with Crippen LogP contribution in [0.4, 0.5) is 5.82 Å². The van der Waals surface area contributed by atoms with Crippen LogP contribution in [-0.2, 0) is 28.0 Å². The summed E-state index contributed by atoms with van der Waals surface area (Å²) in [6.45, 7) is 4.48. The number of hydrogen-bond acceptors (Lipinski definition) is 9. The molecule has 2 aliphatic rings. The highest BCUT2D eigenvalue weighted by Crippen LogP contribution is 2.32. The summed E-state index contributed by atoms with van der Waals surface area (Å²) >= 11 is 0. The number of carbonyl (C=O) groups is 1. The summed E-state index contributed by atoms with van der Waals surface area (Å²) in [5.41, 5.74) is 4.32. The van der Waals surface area contributed by atoms with E-state index >= 15 is 0 Å².